The second-order valence-corrected chi connectivity index (χ2v) is 4.88. The summed E-state index contributed by atoms with van der Waals surface area (Å²) in [5.74, 6) is 1.41. The van der Waals surface area contributed by atoms with Gasteiger partial charge in [-0.2, -0.15) is 0 Å². The molecule has 1 saturated heterocycles. The first-order chi connectivity index (χ1) is 6.63. The van der Waals surface area contributed by atoms with Gasteiger partial charge in [-0.3, -0.25) is 0 Å². The van der Waals surface area contributed by atoms with Gasteiger partial charge in [0, 0.05) is 0 Å². The third kappa shape index (κ3) is 4.47. The molecule has 0 saturated carbocycles. The van der Waals surface area contributed by atoms with Crippen molar-refractivity contribution in [1.82, 2.24) is 0 Å². The van der Waals surface area contributed by atoms with E-state index in [1.807, 2.05) is 0 Å². The summed E-state index contributed by atoms with van der Waals surface area (Å²) in [6.45, 7) is 6.60. The third-order valence-corrected chi connectivity index (χ3v) is 2.99. The topological polar surface area (TPSA) is 12.5 Å². The van der Waals surface area contributed by atoms with Crippen molar-refractivity contribution in [2.45, 2.75) is 52.2 Å². The fourth-order valence-electron chi connectivity index (χ4n) is 1.69. The van der Waals surface area contributed by atoms with E-state index in [0.29, 0.717) is 18.1 Å². The largest absolute Gasteiger partial charge is 0.368 e. The molecule has 0 aliphatic carbocycles. The second kappa shape index (κ2) is 5.77. The molecule has 0 amide bonds. The average Bonchev–Trinajstić information content (AvgIpc) is 2.82. The van der Waals surface area contributed by atoms with E-state index in [1.165, 1.54) is 24.8 Å². The summed E-state index contributed by atoms with van der Waals surface area (Å²) >= 11 is 5.69. The zero-order valence-electron chi connectivity index (χ0n) is 9.42. The van der Waals surface area contributed by atoms with Gasteiger partial charge in [0.1, 0.15) is 0 Å². The maximum Gasteiger partial charge on any atom is 0.0976 e. The highest BCUT2D eigenvalue weighted by atomic mass is 35.5. The van der Waals surface area contributed by atoms with E-state index in [0.717, 1.165) is 5.92 Å². The predicted molar refractivity (Wildman–Crippen MR) is 61.8 cm³/mol. The summed E-state index contributed by atoms with van der Waals surface area (Å²) in [4.78, 5) is 0. The molecular weight excluding hydrogens is 196 g/mol. The zero-order chi connectivity index (χ0) is 10.6. The van der Waals surface area contributed by atoms with Crippen LogP contribution in [0, 0.1) is 5.92 Å². The van der Waals surface area contributed by atoms with Crippen LogP contribution in [0.3, 0.4) is 0 Å². The standard InChI is InChI=1S/C12H21ClO/c1-9(2)5-4-6-10(3)7-11-12(8-13)14-11/h5,10-12H,4,6-8H2,1-3H3/t10-,11+,12+/m1/s1. The molecule has 0 aromatic carbocycles. The van der Waals surface area contributed by atoms with E-state index >= 15 is 0 Å². The molecule has 0 unspecified atom stereocenters. The van der Waals surface area contributed by atoms with Crippen LogP contribution >= 0.6 is 11.6 Å². The van der Waals surface area contributed by atoms with Crippen molar-refractivity contribution in [3.8, 4) is 0 Å². The molecule has 0 spiro atoms. The zero-order valence-corrected chi connectivity index (χ0v) is 10.2. The summed E-state index contributed by atoms with van der Waals surface area (Å²) in [7, 11) is 0. The Morgan fingerprint density at radius 1 is 1.43 bits per heavy atom. The molecule has 1 heterocycles. The summed E-state index contributed by atoms with van der Waals surface area (Å²) in [5.41, 5.74) is 1.42. The summed E-state index contributed by atoms with van der Waals surface area (Å²) in [5, 5.41) is 0. The number of rotatable bonds is 6. The van der Waals surface area contributed by atoms with Gasteiger partial charge in [0.05, 0.1) is 18.1 Å². The highest BCUT2D eigenvalue weighted by molar-refractivity contribution is 6.18. The van der Waals surface area contributed by atoms with Gasteiger partial charge in [-0.05, 0) is 39.0 Å². The van der Waals surface area contributed by atoms with Crippen molar-refractivity contribution in [2.24, 2.45) is 5.92 Å². The van der Waals surface area contributed by atoms with Gasteiger partial charge in [0.2, 0.25) is 0 Å². The van der Waals surface area contributed by atoms with Crippen LogP contribution in [-0.2, 0) is 4.74 Å². The van der Waals surface area contributed by atoms with Crippen LogP contribution < -0.4 is 0 Å². The number of alkyl halides is 1. The van der Waals surface area contributed by atoms with Gasteiger partial charge in [-0.25, -0.2) is 0 Å². The van der Waals surface area contributed by atoms with Crippen LogP contribution in [0.5, 0.6) is 0 Å². The van der Waals surface area contributed by atoms with Gasteiger partial charge >= 0.3 is 0 Å². The SMILES string of the molecule is CC(C)=CCC[C@@H](C)C[C@@H]1O[C@H]1CCl. The Morgan fingerprint density at radius 2 is 2.14 bits per heavy atom. The summed E-state index contributed by atoms with van der Waals surface area (Å²) in [6, 6.07) is 0. The van der Waals surface area contributed by atoms with Crippen LogP contribution in [0.1, 0.15) is 40.0 Å². The maximum absolute atomic E-state index is 5.69. The number of ether oxygens (including phenoxy) is 1. The van der Waals surface area contributed by atoms with E-state index in [9.17, 15) is 0 Å². The third-order valence-electron chi connectivity index (χ3n) is 2.69. The highest BCUT2D eigenvalue weighted by Gasteiger charge is 2.38. The Bertz CT molecular complexity index is 196. The van der Waals surface area contributed by atoms with Crippen LogP contribution in [0.2, 0.25) is 0 Å². The molecular formula is C12H21ClO. The molecule has 0 radical (unpaired) electrons. The van der Waals surface area contributed by atoms with Gasteiger partial charge in [0.25, 0.3) is 0 Å². The highest BCUT2D eigenvalue weighted by Crippen LogP contribution is 2.30. The van der Waals surface area contributed by atoms with E-state index in [1.54, 1.807) is 0 Å². The molecule has 1 nitrogen and oxygen atoms in total. The summed E-state index contributed by atoms with van der Waals surface area (Å²) in [6.07, 6.45) is 6.75. The van der Waals surface area contributed by atoms with Crippen molar-refractivity contribution in [1.29, 1.82) is 0 Å². The molecule has 82 valence electrons. The first-order valence-corrected chi connectivity index (χ1v) is 6.01. The van der Waals surface area contributed by atoms with Crippen molar-refractivity contribution < 1.29 is 4.74 Å². The van der Waals surface area contributed by atoms with E-state index in [4.69, 9.17) is 16.3 Å². The fourth-order valence-corrected chi connectivity index (χ4v) is 1.96. The number of allylic oxidation sites excluding steroid dienone is 2. The molecule has 2 heteroatoms. The van der Waals surface area contributed by atoms with Crippen molar-refractivity contribution in [3.05, 3.63) is 11.6 Å². The molecule has 3 atom stereocenters. The predicted octanol–water partition coefficient (Wildman–Crippen LogP) is 3.77. The minimum Gasteiger partial charge on any atom is -0.368 e. The van der Waals surface area contributed by atoms with Crippen LogP contribution in [0.4, 0.5) is 0 Å². The average molecular weight is 217 g/mol. The normalized spacial score (nSPS) is 27.1. The smallest absolute Gasteiger partial charge is 0.0976 e. The number of hydrogen-bond donors (Lipinski definition) is 0. The number of hydrogen-bond acceptors (Lipinski definition) is 1. The van der Waals surface area contributed by atoms with E-state index in [-0.39, 0.29) is 0 Å². The van der Waals surface area contributed by atoms with Crippen molar-refractivity contribution in [2.75, 3.05) is 5.88 Å². The monoisotopic (exact) mass is 216 g/mol. The fraction of sp³-hybridized carbons (Fsp3) is 0.833. The number of halogens is 1. The summed E-state index contributed by atoms with van der Waals surface area (Å²) < 4.78 is 5.42. The minimum atomic E-state index is 0.350. The second-order valence-electron chi connectivity index (χ2n) is 4.57. The molecule has 0 aromatic heterocycles. The molecule has 0 N–H and O–H groups in total. The van der Waals surface area contributed by atoms with Gasteiger partial charge in [-0.1, -0.05) is 18.6 Å². The van der Waals surface area contributed by atoms with E-state index in [2.05, 4.69) is 26.8 Å². The van der Waals surface area contributed by atoms with Crippen LogP contribution in [0.15, 0.2) is 11.6 Å². The lowest BCUT2D eigenvalue weighted by Gasteiger charge is -2.07. The molecule has 14 heavy (non-hydrogen) atoms. The first-order valence-electron chi connectivity index (χ1n) is 5.48. The molecule has 0 bridgehead atoms. The number of epoxide rings is 1. The molecule has 0 aromatic rings. The Hall–Kier alpha value is -0.0100. The van der Waals surface area contributed by atoms with E-state index < -0.39 is 0 Å². The lowest BCUT2D eigenvalue weighted by atomic mass is 9.98. The first kappa shape index (κ1) is 12.1. The molecule has 1 fully saturated rings. The maximum atomic E-state index is 5.69. The molecule has 1 aliphatic rings. The van der Waals surface area contributed by atoms with Gasteiger partial charge in [0.15, 0.2) is 0 Å². The quantitative estimate of drug-likeness (QED) is 0.374. The van der Waals surface area contributed by atoms with Crippen molar-refractivity contribution in [3.63, 3.8) is 0 Å². The lowest BCUT2D eigenvalue weighted by molar-refractivity contribution is 0.341. The van der Waals surface area contributed by atoms with Crippen LogP contribution in [0.25, 0.3) is 0 Å². The minimum absolute atomic E-state index is 0.350. The van der Waals surface area contributed by atoms with Gasteiger partial charge in [-0.15, -0.1) is 11.6 Å². The Morgan fingerprint density at radius 3 is 2.64 bits per heavy atom. The Balaban J connectivity index is 2.05. The Labute approximate surface area is 92.5 Å². The lowest BCUT2D eigenvalue weighted by Crippen LogP contribution is -2.02. The molecule has 1 rings (SSSR count). The van der Waals surface area contributed by atoms with Gasteiger partial charge < -0.3 is 4.74 Å². The Kier molecular flexibility index (Phi) is 4.97. The van der Waals surface area contributed by atoms with Crippen molar-refractivity contribution >= 4 is 11.6 Å². The molecule has 1 aliphatic heterocycles. The van der Waals surface area contributed by atoms with Crippen LogP contribution in [-0.4, -0.2) is 18.1 Å².